The average molecular weight is 339 g/mol. The first-order chi connectivity index (χ1) is 8.36. The van der Waals surface area contributed by atoms with E-state index in [0.717, 1.165) is 0 Å². The Kier molecular flexibility index (Phi) is 7.87. The minimum Gasteiger partial charge on any atom is -0.177 e. The molecule has 2 rings (SSSR count). The summed E-state index contributed by atoms with van der Waals surface area (Å²) in [6.07, 6.45) is 0. The standard InChI is InChI=1S/2C9H11.Ru/c2*1-7-4-8(2)6-9(3)5-7;/h2*4-5H,1-3H3;/q2*-1;+2. The number of aryl methyl sites for hydroxylation is 6. The number of benzene rings is 2. The summed E-state index contributed by atoms with van der Waals surface area (Å²) in [6, 6.07) is 14.9. The Balaban J connectivity index is 0.000000324. The largest absolute Gasteiger partial charge is 2.00 e. The Morgan fingerprint density at radius 1 is 0.526 bits per heavy atom. The number of hydrogen-bond acceptors (Lipinski definition) is 0. The molecule has 102 valence electrons. The Morgan fingerprint density at radius 2 is 0.737 bits per heavy atom. The van der Waals surface area contributed by atoms with Gasteiger partial charge in [0.05, 0.1) is 0 Å². The normalized spacial score (nSPS) is 9.16. The van der Waals surface area contributed by atoms with Crippen LogP contribution in [0.3, 0.4) is 0 Å². The first-order valence-electron chi connectivity index (χ1n) is 6.31. The van der Waals surface area contributed by atoms with Crippen LogP contribution in [0.15, 0.2) is 24.3 Å². The van der Waals surface area contributed by atoms with Gasteiger partial charge in [0, 0.05) is 0 Å². The Morgan fingerprint density at radius 3 is 0.895 bits per heavy atom. The fraction of sp³-hybridized carbons (Fsp3) is 0.333. The van der Waals surface area contributed by atoms with Gasteiger partial charge in [0.15, 0.2) is 0 Å². The molecule has 0 fully saturated rings. The summed E-state index contributed by atoms with van der Waals surface area (Å²) in [5.74, 6) is 0. The fourth-order valence-electron chi connectivity index (χ4n) is 2.22. The van der Waals surface area contributed by atoms with Crippen molar-refractivity contribution in [2.24, 2.45) is 0 Å². The van der Waals surface area contributed by atoms with E-state index in [1.807, 2.05) is 0 Å². The molecule has 0 heterocycles. The third kappa shape index (κ3) is 7.28. The van der Waals surface area contributed by atoms with Gasteiger partial charge in [0.1, 0.15) is 0 Å². The SMILES string of the molecule is Cc1[c-]c(C)cc(C)c1.Cc1[c-]c(C)cc(C)c1.[Ru+2]. The van der Waals surface area contributed by atoms with Crippen LogP contribution in [0.5, 0.6) is 0 Å². The minimum absolute atomic E-state index is 0. The molecule has 0 aromatic heterocycles. The van der Waals surface area contributed by atoms with Crippen LogP contribution in [-0.2, 0) is 19.5 Å². The molecular weight excluding hydrogens is 317 g/mol. The quantitative estimate of drug-likeness (QED) is 0.477. The first-order valence-corrected chi connectivity index (χ1v) is 6.31. The van der Waals surface area contributed by atoms with Crippen molar-refractivity contribution in [3.8, 4) is 0 Å². The average Bonchev–Trinajstić information content (AvgIpc) is 2.12. The van der Waals surface area contributed by atoms with Crippen LogP contribution in [0.1, 0.15) is 33.4 Å². The van der Waals surface area contributed by atoms with E-state index < -0.39 is 0 Å². The summed E-state index contributed by atoms with van der Waals surface area (Å²) in [4.78, 5) is 0. The molecule has 2 aromatic carbocycles. The summed E-state index contributed by atoms with van der Waals surface area (Å²) < 4.78 is 0. The van der Waals surface area contributed by atoms with E-state index in [4.69, 9.17) is 0 Å². The van der Waals surface area contributed by atoms with Gasteiger partial charge in [-0.2, -0.15) is 69.8 Å². The first kappa shape index (κ1) is 18.1. The molecule has 19 heavy (non-hydrogen) atoms. The second-order valence-corrected chi connectivity index (χ2v) is 5.05. The molecule has 0 amide bonds. The van der Waals surface area contributed by atoms with E-state index in [9.17, 15) is 0 Å². The summed E-state index contributed by atoms with van der Waals surface area (Å²) >= 11 is 0. The zero-order chi connectivity index (χ0) is 13.7. The summed E-state index contributed by atoms with van der Waals surface area (Å²) in [7, 11) is 0. The van der Waals surface area contributed by atoms with Crippen LogP contribution < -0.4 is 0 Å². The zero-order valence-corrected chi connectivity index (χ0v) is 14.4. The molecule has 0 aliphatic heterocycles. The van der Waals surface area contributed by atoms with Gasteiger partial charge in [-0.1, -0.05) is 41.5 Å². The number of hydrogen-bond donors (Lipinski definition) is 0. The van der Waals surface area contributed by atoms with E-state index in [2.05, 4.69) is 77.9 Å². The van der Waals surface area contributed by atoms with Crippen molar-refractivity contribution in [3.63, 3.8) is 0 Å². The molecule has 0 spiro atoms. The molecule has 0 radical (unpaired) electrons. The van der Waals surface area contributed by atoms with Crippen LogP contribution >= 0.6 is 0 Å². The third-order valence-corrected chi connectivity index (χ3v) is 2.57. The predicted molar refractivity (Wildman–Crippen MR) is 79.0 cm³/mol. The van der Waals surface area contributed by atoms with Crippen LogP contribution in [0.4, 0.5) is 0 Å². The molecule has 0 saturated heterocycles. The predicted octanol–water partition coefficient (Wildman–Crippen LogP) is 4.82. The molecule has 0 atom stereocenters. The van der Waals surface area contributed by atoms with Crippen molar-refractivity contribution >= 4 is 0 Å². The van der Waals surface area contributed by atoms with E-state index in [1.54, 1.807) is 0 Å². The zero-order valence-electron chi connectivity index (χ0n) is 12.7. The van der Waals surface area contributed by atoms with Crippen molar-refractivity contribution in [2.45, 2.75) is 41.5 Å². The van der Waals surface area contributed by atoms with Crippen molar-refractivity contribution < 1.29 is 19.5 Å². The molecule has 0 aliphatic rings. The molecule has 0 saturated carbocycles. The van der Waals surface area contributed by atoms with Crippen molar-refractivity contribution in [1.82, 2.24) is 0 Å². The van der Waals surface area contributed by atoms with Crippen LogP contribution in [-0.4, -0.2) is 0 Å². The van der Waals surface area contributed by atoms with E-state index in [-0.39, 0.29) is 19.5 Å². The topological polar surface area (TPSA) is 0 Å². The maximum absolute atomic E-state index is 3.21. The van der Waals surface area contributed by atoms with Gasteiger partial charge in [-0.3, -0.25) is 0 Å². The monoisotopic (exact) mass is 340 g/mol. The molecule has 0 unspecified atom stereocenters. The van der Waals surface area contributed by atoms with Gasteiger partial charge < -0.3 is 0 Å². The Hall–Kier alpha value is -0.937. The van der Waals surface area contributed by atoms with Gasteiger partial charge in [-0.15, -0.1) is 0 Å². The summed E-state index contributed by atoms with van der Waals surface area (Å²) in [5.41, 5.74) is 7.56. The van der Waals surface area contributed by atoms with Gasteiger partial charge in [0.25, 0.3) is 0 Å². The molecule has 0 aliphatic carbocycles. The molecule has 0 bridgehead atoms. The minimum atomic E-state index is 0. The summed E-state index contributed by atoms with van der Waals surface area (Å²) in [6.45, 7) is 12.5. The number of rotatable bonds is 0. The van der Waals surface area contributed by atoms with Gasteiger partial charge >= 0.3 is 19.5 Å². The van der Waals surface area contributed by atoms with Crippen molar-refractivity contribution in [3.05, 3.63) is 69.8 Å². The molecular formula is C18H22Ru. The van der Waals surface area contributed by atoms with Crippen LogP contribution in [0.25, 0.3) is 0 Å². The third-order valence-electron chi connectivity index (χ3n) is 2.57. The Labute approximate surface area is 131 Å². The summed E-state index contributed by atoms with van der Waals surface area (Å²) in [5, 5.41) is 0. The Bertz CT molecular complexity index is 377. The van der Waals surface area contributed by atoms with E-state index in [0.29, 0.717) is 0 Å². The van der Waals surface area contributed by atoms with Crippen molar-refractivity contribution in [1.29, 1.82) is 0 Å². The van der Waals surface area contributed by atoms with Crippen LogP contribution in [0.2, 0.25) is 0 Å². The van der Waals surface area contributed by atoms with Gasteiger partial charge in [-0.25, -0.2) is 0 Å². The van der Waals surface area contributed by atoms with E-state index >= 15 is 0 Å². The van der Waals surface area contributed by atoms with Crippen LogP contribution in [0, 0.1) is 53.7 Å². The van der Waals surface area contributed by atoms with Gasteiger partial charge in [-0.05, 0) is 0 Å². The van der Waals surface area contributed by atoms with Gasteiger partial charge in [0.2, 0.25) is 0 Å². The second kappa shape index (κ2) is 8.28. The maximum Gasteiger partial charge on any atom is 2.00 e. The molecule has 1 heteroatoms. The van der Waals surface area contributed by atoms with E-state index in [1.165, 1.54) is 33.4 Å². The second-order valence-electron chi connectivity index (χ2n) is 5.05. The van der Waals surface area contributed by atoms with Crippen molar-refractivity contribution in [2.75, 3.05) is 0 Å². The maximum atomic E-state index is 3.21. The molecule has 0 N–H and O–H groups in total. The molecule has 2 aromatic rings. The smallest absolute Gasteiger partial charge is 0.177 e. The molecule has 0 nitrogen and oxygen atoms in total. The fourth-order valence-corrected chi connectivity index (χ4v) is 2.22.